The first kappa shape index (κ1) is 16.6. The Morgan fingerprint density at radius 3 is 1.62 bits per heavy atom. The molecule has 0 amide bonds. The van der Waals surface area contributed by atoms with E-state index in [0.29, 0.717) is 4.90 Å². The number of benzene rings is 4. The molecule has 4 aromatic rings. The summed E-state index contributed by atoms with van der Waals surface area (Å²) in [5.74, 6) is 0. The van der Waals surface area contributed by atoms with Crippen LogP contribution in [-0.4, -0.2) is 8.42 Å². The highest BCUT2D eigenvalue weighted by Gasteiger charge is 2.30. The highest BCUT2D eigenvalue weighted by atomic mass is 32.2. The molecule has 0 bridgehead atoms. The van der Waals surface area contributed by atoms with Gasteiger partial charge in [0.1, 0.15) is 5.25 Å². The van der Waals surface area contributed by atoms with E-state index in [9.17, 15) is 8.42 Å². The quantitative estimate of drug-likeness (QED) is 0.489. The second-order valence-corrected chi connectivity index (χ2v) is 8.29. The van der Waals surface area contributed by atoms with E-state index < -0.39 is 15.1 Å². The third kappa shape index (κ3) is 3.02. The van der Waals surface area contributed by atoms with E-state index in [0.717, 1.165) is 21.9 Å². The SMILES string of the molecule is O=S(=O)(c1ccc2ccccc2c1)C(c1ccccc1)c1ccccc1. The van der Waals surface area contributed by atoms with Gasteiger partial charge in [0.25, 0.3) is 0 Å². The van der Waals surface area contributed by atoms with Crippen LogP contribution in [0.2, 0.25) is 0 Å². The van der Waals surface area contributed by atoms with Crippen LogP contribution in [-0.2, 0) is 9.84 Å². The minimum absolute atomic E-state index is 0.342. The Labute approximate surface area is 153 Å². The minimum Gasteiger partial charge on any atom is -0.223 e. The predicted octanol–water partition coefficient (Wildman–Crippen LogP) is 5.40. The number of fused-ring (bicyclic) bond motifs is 1. The van der Waals surface area contributed by atoms with Gasteiger partial charge in [-0.2, -0.15) is 0 Å². The third-order valence-corrected chi connectivity index (χ3v) is 6.64. The van der Waals surface area contributed by atoms with Gasteiger partial charge in [0.2, 0.25) is 0 Å². The number of rotatable bonds is 4. The molecule has 0 spiro atoms. The molecule has 0 aromatic heterocycles. The van der Waals surface area contributed by atoms with Gasteiger partial charge in [-0.3, -0.25) is 0 Å². The van der Waals surface area contributed by atoms with E-state index in [2.05, 4.69) is 0 Å². The number of sulfone groups is 1. The first-order chi connectivity index (χ1) is 12.7. The Hall–Kier alpha value is -2.91. The molecule has 0 aliphatic rings. The summed E-state index contributed by atoms with van der Waals surface area (Å²) in [6, 6.07) is 31.9. The van der Waals surface area contributed by atoms with Crippen LogP contribution in [0.25, 0.3) is 10.8 Å². The largest absolute Gasteiger partial charge is 0.223 e. The molecular formula is C23H18O2S. The zero-order chi connectivity index (χ0) is 18.0. The summed E-state index contributed by atoms with van der Waals surface area (Å²) in [5, 5.41) is 1.22. The molecule has 0 fully saturated rings. The molecule has 26 heavy (non-hydrogen) atoms. The summed E-state index contributed by atoms with van der Waals surface area (Å²) in [5.41, 5.74) is 1.54. The fourth-order valence-corrected chi connectivity index (χ4v) is 5.14. The monoisotopic (exact) mass is 358 g/mol. The lowest BCUT2D eigenvalue weighted by Crippen LogP contribution is -2.15. The van der Waals surface area contributed by atoms with Gasteiger partial charge in [-0.15, -0.1) is 0 Å². The van der Waals surface area contributed by atoms with Gasteiger partial charge in [-0.1, -0.05) is 91.0 Å². The fraction of sp³-hybridized carbons (Fsp3) is 0.0435. The maximum absolute atomic E-state index is 13.6. The summed E-state index contributed by atoms with van der Waals surface area (Å²) in [4.78, 5) is 0.342. The lowest BCUT2D eigenvalue weighted by Gasteiger charge is -2.19. The van der Waals surface area contributed by atoms with Gasteiger partial charge < -0.3 is 0 Å². The van der Waals surface area contributed by atoms with Crippen molar-refractivity contribution in [2.45, 2.75) is 10.1 Å². The molecule has 0 N–H and O–H groups in total. The Morgan fingerprint density at radius 1 is 0.538 bits per heavy atom. The zero-order valence-corrected chi connectivity index (χ0v) is 14.9. The van der Waals surface area contributed by atoms with Gasteiger partial charge in [-0.05, 0) is 34.0 Å². The Bertz CT molecular complexity index is 1090. The van der Waals surface area contributed by atoms with E-state index in [1.165, 1.54) is 0 Å². The van der Waals surface area contributed by atoms with Crippen molar-refractivity contribution in [2.75, 3.05) is 0 Å². The lowest BCUT2D eigenvalue weighted by atomic mass is 10.0. The molecule has 0 unspecified atom stereocenters. The van der Waals surface area contributed by atoms with Crippen LogP contribution in [0.5, 0.6) is 0 Å². The van der Waals surface area contributed by atoms with Crippen molar-refractivity contribution in [3.8, 4) is 0 Å². The van der Waals surface area contributed by atoms with Crippen molar-refractivity contribution in [2.24, 2.45) is 0 Å². The molecule has 4 aromatic carbocycles. The summed E-state index contributed by atoms with van der Waals surface area (Å²) < 4.78 is 27.2. The molecule has 2 nitrogen and oxygen atoms in total. The van der Waals surface area contributed by atoms with Crippen LogP contribution in [0.3, 0.4) is 0 Å². The van der Waals surface area contributed by atoms with Gasteiger partial charge in [0, 0.05) is 0 Å². The Morgan fingerprint density at radius 2 is 1.04 bits per heavy atom. The second-order valence-electron chi connectivity index (χ2n) is 6.26. The number of hydrogen-bond donors (Lipinski definition) is 0. The van der Waals surface area contributed by atoms with Gasteiger partial charge in [0.05, 0.1) is 4.90 Å². The number of hydrogen-bond acceptors (Lipinski definition) is 2. The van der Waals surface area contributed by atoms with Crippen LogP contribution < -0.4 is 0 Å². The van der Waals surface area contributed by atoms with Crippen LogP contribution >= 0.6 is 0 Å². The van der Waals surface area contributed by atoms with Crippen LogP contribution in [0.4, 0.5) is 0 Å². The minimum atomic E-state index is -3.60. The molecule has 0 heterocycles. The molecule has 128 valence electrons. The van der Waals surface area contributed by atoms with Crippen molar-refractivity contribution in [1.29, 1.82) is 0 Å². The molecule has 0 saturated heterocycles. The lowest BCUT2D eigenvalue weighted by molar-refractivity contribution is 0.589. The average Bonchev–Trinajstić information content (AvgIpc) is 2.69. The predicted molar refractivity (Wildman–Crippen MR) is 106 cm³/mol. The van der Waals surface area contributed by atoms with Crippen molar-refractivity contribution in [3.05, 3.63) is 114 Å². The fourth-order valence-electron chi connectivity index (χ4n) is 3.29. The summed E-state index contributed by atoms with van der Waals surface area (Å²) in [7, 11) is -3.60. The summed E-state index contributed by atoms with van der Waals surface area (Å²) in [6.45, 7) is 0. The highest BCUT2D eigenvalue weighted by molar-refractivity contribution is 7.92. The van der Waals surface area contributed by atoms with E-state index in [-0.39, 0.29) is 0 Å². The second kappa shape index (κ2) is 6.77. The van der Waals surface area contributed by atoms with Gasteiger partial charge >= 0.3 is 0 Å². The molecule has 0 radical (unpaired) electrons. The first-order valence-corrected chi connectivity index (χ1v) is 10.0. The first-order valence-electron chi connectivity index (χ1n) is 8.49. The maximum atomic E-state index is 13.6. The van der Waals surface area contributed by atoms with Crippen molar-refractivity contribution in [3.63, 3.8) is 0 Å². The third-order valence-electron chi connectivity index (χ3n) is 4.56. The van der Waals surface area contributed by atoms with Crippen molar-refractivity contribution >= 4 is 20.6 Å². The molecule has 0 atom stereocenters. The zero-order valence-electron chi connectivity index (χ0n) is 14.1. The highest BCUT2D eigenvalue weighted by Crippen LogP contribution is 2.35. The molecule has 0 saturated carbocycles. The van der Waals surface area contributed by atoms with Crippen LogP contribution in [0.1, 0.15) is 16.4 Å². The molecule has 0 aliphatic carbocycles. The van der Waals surface area contributed by atoms with Crippen LogP contribution in [0, 0.1) is 0 Å². The van der Waals surface area contributed by atoms with Gasteiger partial charge in [0.15, 0.2) is 9.84 Å². The molecule has 4 rings (SSSR count). The van der Waals surface area contributed by atoms with Crippen molar-refractivity contribution in [1.82, 2.24) is 0 Å². The normalized spacial score (nSPS) is 11.7. The van der Waals surface area contributed by atoms with Crippen LogP contribution in [0.15, 0.2) is 108 Å². The topological polar surface area (TPSA) is 34.1 Å². The summed E-state index contributed by atoms with van der Waals surface area (Å²) in [6.07, 6.45) is 0. The Balaban J connectivity index is 1.91. The van der Waals surface area contributed by atoms with Gasteiger partial charge in [-0.25, -0.2) is 8.42 Å². The van der Waals surface area contributed by atoms with E-state index in [1.807, 2.05) is 91.0 Å². The summed E-state index contributed by atoms with van der Waals surface area (Å²) >= 11 is 0. The average molecular weight is 358 g/mol. The molecular weight excluding hydrogens is 340 g/mol. The maximum Gasteiger partial charge on any atom is 0.189 e. The van der Waals surface area contributed by atoms with E-state index in [4.69, 9.17) is 0 Å². The smallest absolute Gasteiger partial charge is 0.189 e. The van der Waals surface area contributed by atoms with E-state index >= 15 is 0 Å². The molecule has 3 heteroatoms. The molecule has 0 aliphatic heterocycles. The van der Waals surface area contributed by atoms with E-state index in [1.54, 1.807) is 12.1 Å². The standard InChI is InChI=1S/C23H18O2S/c24-26(25,22-16-15-18-9-7-8-14-21(18)17-22)23(19-10-3-1-4-11-19)20-12-5-2-6-13-20/h1-17,23H. The Kier molecular flexibility index (Phi) is 4.31. The van der Waals surface area contributed by atoms with Crippen molar-refractivity contribution < 1.29 is 8.42 Å².